The van der Waals surface area contributed by atoms with Gasteiger partial charge in [-0.3, -0.25) is 9.69 Å². The third kappa shape index (κ3) is 6.01. The molecule has 1 saturated heterocycles. The number of carbonyl (C=O) groups excluding carboxylic acids is 1. The van der Waals surface area contributed by atoms with E-state index in [0.29, 0.717) is 6.54 Å². The van der Waals surface area contributed by atoms with Gasteiger partial charge in [-0.1, -0.05) is 19.9 Å². The number of hydrogen-bond donors (Lipinski definition) is 2. The van der Waals surface area contributed by atoms with E-state index in [2.05, 4.69) is 29.4 Å². The first-order chi connectivity index (χ1) is 10.5. The second-order valence-corrected chi connectivity index (χ2v) is 6.32. The van der Waals surface area contributed by atoms with E-state index in [1.54, 1.807) is 7.11 Å². The van der Waals surface area contributed by atoms with Crippen LogP contribution in [-0.4, -0.2) is 50.6 Å². The quantitative estimate of drug-likeness (QED) is 0.799. The van der Waals surface area contributed by atoms with Crippen LogP contribution < -0.4 is 15.4 Å². The highest BCUT2D eigenvalue weighted by Gasteiger charge is 2.30. The number of amides is 1. The topological polar surface area (TPSA) is 53.6 Å². The molecule has 0 radical (unpaired) electrons. The highest BCUT2D eigenvalue weighted by atomic mass is 35.5. The maximum atomic E-state index is 12.3. The number of anilines is 1. The summed E-state index contributed by atoms with van der Waals surface area (Å²) in [6, 6.07) is 7.44. The van der Waals surface area contributed by atoms with Crippen molar-refractivity contribution in [3.63, 3.8) is 0 Å². The summed E-state index contributed by atoms with van der Waals surface area (Å²) in [4.78, 5) is 14.5. The molecule has 2 rings (SSSR count). The van der Waals surface area contributed by atoms with E-state index in [4.69, 9.17) is 4.74 Å². The van der Waals surface area contributed by atoms with Crippen LogP contribution in [0.5, 0.6) is 5.75 Å². The molecule has 1 aromatic rings. The summed E-state index contributed by atoms with van der Waals surface area (Å²) in [7, 11) is 1.62. The van der Waals surface area contributed by atoms with Gasteiger partial charge in [0.1, 0.15) is 5.75 Å². The molecule has 2 N–H and O–H groups in total. The van der Waals surface area contributed by atoms with Crippen LogP contribution in [0.4, 0.5) is 5.69 Å². The molecule has 6 heteroatoms. The lowest BCUT2D eigenvalue weighted by atomic mass is 9.89. The summed E-state index contributed by atoms with van der Waals surface area (Å²) >= 11 is 0. The van der Waals surface area contributed by atoms with E-state index in [1.165, 1.54) is 6.42 Å². The zero-order chi connectivity index (χ0) is 16.0. The molecule has 1 aromatic carbocycles. The first kappa shape index (κ1) is 19.7. The van der Waals surface area contributed by atoms with Crippen molar-refractivity contribution in [2.24, 2.45) is 5.41 Å². The van der Waals surface area contributed by atoms with Gasteiger partial charge in [0.05, 0.1) is 13.7 Å². The molecule has 5 nitrogen and oxygen atoms in total. The molecule has 1 aliphatic heterocycles. The lowest BCUT2D eigenvalue weighted by molar-refractivity contribution is -0.117. The van der Waals surface area contributed by atoms with E-state index in [1.807, 2.05) is 24.3 Å². The predicted octanol–water partition coefficient (Wildman–Crippen LogP) is 2.38. The fourth-order valence-electron chi connectivity index (χ4n) is 2.93. The van der Waals surface area contributed by atoms with Crippen LogP contribution in [-0.2, 0) is 4.79 Å². The monoisotopic (exact) mass is 341 g/mol. The Labute approximate surface area is 145 Å². The second-order valence-electron chi connectivity index (χ2n) is 6.32. The van der Waals surface area contributed by atoms with Crippen molar-refractivity contribution >= 4 is 24.0 Å². The van der Waals surface area contributed by atoms with Gasteiger partial charge in [-0.2, -0.15) is 0 Å². The SMILES string of the molecule is CCN(CC(=O)Nc1cccc(OC)c1)CC1(C)CCNC1.Cl. The van der Waals surface area contributed by atoms with Crippen LogP contribution in [0.15, 0.2) is 24.3 Å². The number of rotatable bonds is 7. The zero-order valence-corrected chi connectivity index (χ0v) is 15.0. The second kappa shape index (κ2) is 9.11. The van der Waals surface area contributed by atoms with Gasteiger partial charge in [0.25, 0.3) is 0 Å². The molecule has 1 heterocycles. The molecule has 0 saturated carbocycles. The predicted molar refractivity (Wildman–Crippen MR) is 96.6 cm³/mol. The van der Waals surface area contributed by atoms with Crippen molar-refractivity contribution in [3.05, 3.63) is 24.3 Å². The van der Waals surface area contributed by atoms with Gasteiger partial charge >= 0.3 is 0 Å². The first-order valence-electron chi connectivity index (χ1n) is 7.91. The Morgan fingerprint density at radius 2 is 2.26 bits per heavy atom. The Morgan fingerprint density at radius 3 is 2.87 bits per heavy atom. The van der Waals surface area contributed by atoms with Gasteiger partial charge in [-0.05, 0) is 37.1 Å². The Bertz CT molecular complexity index is 504. The molecule has 1 amide bonds. The van der Waals surface area contributed by atoms with Crippen molar-refractivity contribution in [3.8, 4) is 5.75 Å². The minimum absolute atomic E-state index is 0. The number of carbonyl (C=O) groups is 1. The van der Waals surface area contributed by atoms with Crippen LogP contribution in [0, 0.1) is 5.41 Å². The average Bonchev–Trinajstić information content (AvgIpc) is 2.93. The molecule has 0 aliphatic carbocycles. The molecule has 130 valence electrons. The summed E-state index contributed by atoms with van der Waals surface area (Å²) < 4.78 is 5.17. The fraction of sp³-hybridized carbons (Fsp3) is 0.588. The standard InChI is InChI=1S/C17H27N3O2.ClH/c1-4-20(13-17(2)8-9-18-12-17)11-16(21)19-14-6-5-7-15(10-14)22-3;/h5-7,10,18H,4,8-9,11-13H2,1-3H3,(H,19,21);1H. The number of ether oxygens (including phenoxy) is 1. The minimum atomic E-state index is 0. The van der Waals surface area contributed by atoms with Gasteiger partial charge in [0, 0.05) is 24.8 Å². The van der Waals surface area contributed by atoms with Crippen molar-refractivity contribution in [2.45, 2.75) is 20.3 Å². The summed E-state index contributed by atoms with van der Waals surface area (Å²) in [5.41, 5.74) is 1.04. The highest BCUT2D eigenvalue weighted by molar-refractivity contribution is 5.92. The van der Waals surface area contributed by atoms with Crippen molar-refractivity contribution in [1.82, 2.24) is 10.2 Å². The van der Waals surface area contributed by atoms with Gasteiger partial charge in [-0.15, -0.1) is 12.4 Å². The molecule has 0 aromatic heterocycles. The first-order valence-corrected chi connectivity index (χ1v) is 7.91. The van der Waals surface area contributed by atoms with Crippen molar-refractivity contribution in [1.29, 1.82) is 0 Å². The van der Waals surface area contributed by atoms with E-state index < -0.39 is 0 Å². The maximum Gasteiger partial charge on any atom is 0.238 e. The lowest BCUT2D eigenvalue weighted by Crippen LogP contribution is -2.41. The van der Waals surface area contributed by atoms with Crippen LogP contribution in [0.1, 0.15) is 20.3 Å². The normalized spacial score (nSPS) is 20.2. The Kier molecular flexibility index (Phi) is 7.82. The van der Waals surface area contributed by atoms with Gasteiger partial charge < -0.3 is 15.4 Å². The molecular weight excluding hydrogens is 314 g/mol. The van der Waals surface area contributed by atoms with Crippen molar-refractivity contribution in [2.75, 3.05) is 45.2 Å². The third-order valence-electron chi connectivity index (χ3n) is 4.23. The summed E-state index contributed by atoms with van der Waals surface area (Å²) in [5, 5.41) is 6.35. The fourth-order valence-corrected chi connectivity index (χ4v) is 2.93. The number of hydrogen-bond acceptors (Lipinski definition) is 4. The van der Waals surface area contributed by atoms with Crippen LogP contribution in [0.25, 0.3) is 0 Å². The third-order valence-corrected chi connectivity index (χ3v) is 4.23. The van der Waals surface area contributed by atoms with Gasteiger partial charge in [0.15, 0.2) is 0 Å². The number of methoxy groups -OCH3 is 1. The Morgan fingerprint density at radius 1 is 1.48 bits per heavy atom. The molecule has 0 spiro atoms. The van der Waals surface area contributed by atoms with Gasteiger partial charge in [-0.25, -0.2) is 0 Å². The number of nitrogens with zero attached hydrogens (tertiary/aromatic N) is 1. The molecule has 1 fully saturated rings. The number of benzene rings is 1. The van der Waals surface area contributed by atoms with E-state index in [-0.39, 0.29) is 23.7 Å². The Hall–Kier alpha value is -1.30. The molecule has 1 unspecified atom stereocenters. The molecular formula is C17H28ClN3O2. The number of likely N-dealkylation sites (N-methyl/N-ethyl adjacent to an activating group) is 1. The smallest absolute Gasteiger partial charge is 0.238 e. The number of nitrogens with one attached hydrogen (secondary N) is 2. The lowest BCUT2D eigenvalue weighted by Gasteiger charge is -2.30. The van der Waals surface area contributed by atoms with E-state index in [0.717, 1.165) is 37.6 Å². The minimum Gasteiger partial charge on any atom is -0.497 e. The summed E-state index contributed by atoms with van der Waals surface area (Å²) in [6.45, 7) is 8.73. The summed E-state index contributed by atoms with van der Waals surface area (Å²) in [5.74, 6) is 0.763. The average molecular weight is 342 g/mol. The highest BCUT2D eigenvalue weighted by Crippen LogP contribution is 2.25. The molecule has 23 heavy (non-hydrogen) atoms. The van der Waals surface area contributed by atoms with Crippen LogP contribution in [0.2, 0.25) is 0 Å². The van der Waals surface area contributed by atoms with Gasteiger partial charge in [0.2, 0.25) is 5.91 Å². The largest absolute Gasteiger partial charge is 0.497 e. The van der Waals surface area contributed by atoms with Crippen molar-refractivity contribution < 1.29 is 9.53 Å². The van der Waals surface area contributed by atoms with Crippen LogP contribution >= 0.6 is 12.4 Å². The van der Waals surface area contributed by atoms with E-state index >= 15 is 0 Å². The number of halogens is 1. The van der Waals surface area contributed by atoms with E-state index in [9.17, 15) is 4.79 Å². The Balaban J connectivity index is 0.00000264. The maximum absolute atomic E-state index is 12.3. The molecule has 1 aliphatic rings. The zero-order valence-electron chi connectivity index (χ0n) is 14.2. The van der Waals surface area contributed by atoms with Crippen LogP contribution in [0.3, 0.4) is 0 Å². The molecule has 0 bridgehead atoms. The molecule has 1 atom stereocenters. The summed E-state index contributed by atoms with van der Waals surface area (Å²) in [6.07, 6.45) is 1.17.